The molecule has 0 aromatic heterocycles. The number of hydrogen-bond acceptors (Lipinski definition) is 5. The minimum atomic E-state index is -3.48. The van der Waals surface area contributed by atoms with Gasteiger partial charge in [0.1, 0.15) is 0 Å². The van der Waals surface area contributed by atoms with Crippen molar-refractivity contribution in [1.29, 1.82) is 0 Å². The van der Waals surface area contributed by atoms with Crippen molar-refractivity contribution in [2.75, 3.05) is 12.9 Å². The number of amides is 1. The molecule has 162 valence electrons. The van der Waals surface area contributed by atoms with Crippen LogP contribution in [0.4, 0.5) is 0 Å². The summed E-state index contributed by atoms with van der Waals surface area (Å²) in [5.74, 6) is -0.00269. The summed E-state index contributed by atoms with van der Waals surface area (Å²) in [5.41, 5.74) is 2.49. The zero-order valence-corrected chi connectivity index (χ0v) is 18.6. The lowest BCUT2D eigenvalue weighted by molar-refractivity contribution is -0.238. The number of unbranched alkanes of at least 4 members (excludes halogenated alkanes) is 1. The molecule has 3 atom stereocenters. The van der Waals surface area contributed by atoms with Gasteiger partial charge in [-0.3, -0.25) is 9.52 Å². The third-order valence-corrected chi connectivity index (χ3v) is 5.54. The van der Waals surface area contributed by atoms with Crippen LogP contribution in [0.15, 0.2) is 36.4 Å². The Morgan fingerprint density at radius 3 is 2.66 bits per heavy atom. The standard InChI is InChI=1S/C22H33NO5S/c1-16(2)22-27-15-19(18-12-10-9-11-17(18)3)20(28-22)13-7-5-6-8-14-21(24)23-29(4,25)26/h5,7,9-12,16,19-20,22H,6,8,13-15H2,1-4H3,(H,23,24)/b7-5-. The highest BCUT2D eigenvalue weighted by molar-refractivity contribution is 7.89. The molecule has 0 aliphatic carbocycles. The molecule has 2 rings (SSSR count). The first-order valence-corrected chi connectivity index (χ1v) is 12.0. The van der Waals surface area contributed by atoms with Gasteiger partial charge in [0, 0.05) is 18.3 Å². The maximum absolute atomic E-state index is 11.5. The fraction of sp³-hybridized carbons (Fsp3) is 0.591. The fourth-order valence-electron chi connectivity index (χ4n) is 3.46. The minimum absolute atomic E-state index is 0.0297. The summed E-state index contributed by atoms with van der Waals surface area (Å²) >= 11 is 0. The van der Waals surface area contributed by atoms with Gasteiger partial charge in [0.05, 0.1) is 19.0 Å². The largest absolute Gasteiger partial charge is 0.352 e. The lowest BCUT2D eigenvalue weighted by Gasteiger charge is -2.38. The van der Waals surface area contributed by atoms with Gasteiger partial charge in [0.15, 0.2) is 6.29 Å². The molecule has 1 amide bonds. The normalized spacial score (nSPS) is 22.9. The highest BCUT2D eigenvalue weighted by Crippen LogP contribution is 2.34. The van der Waals surface area contributed by atoms with E-state index in [0.717, 1.165) is 12.7 Å². The van der Waals surface area contributed by atoms with Crippen molar-refractivity contribution >= 4 is 15.9 Å². The van der Waals surface area contributed by atoms with Crippen molar-refractivity contribution in [2.45, 2.75) is 64.8 Å². The number of sulfonamides is 1. The van der Waals surface area contributed by atoms with Gasteiger partial charge in [0.2, 0.25) is 15.9 Å². The molecule has 1 heterocycles. The van der Waals surface area contributed by atoms with Crippen LogP contribution in [0.5, 0.6) is 0 Å². The predicted octanol–water partition coefficient (Wildman–Crippen LogP) is 3.67. The molecule has 6 nitrogen and oxygen atoms in total. The van der Waals surface area contributed by atoms with Gasteiger partial charge in [-0.15, -0.1) is 0 Å². The Hall–Kier alpha value is -1.70. The second-order valence-corrected chi connectivity index (χ2v) is 9.73. The second kappa shape index (κ2) is 10.9. The highest BCUT2D eigenvalue weighted by Gasteiger charge is 2.34. The number of aryl methyl sites for hydroxylation is 1. The molecule has 29 heavy (non-hydrogen) atoms. The quantitative estimate of drug-likeness (QED) is 0.484. The van der Waals surface area contributed by atoms with E-state index in [2.05, 4.69) is 39.0 Å². The van der Waals surface area contributed by atoms with Gasteiger partial charge in [-0.05, 0) is 37.3 Å². The van der Waals surface area contributed by atoms with Gasteiger partial charge < -0.3 is 9.47 Å². The Labute approximate surface area is 174 Å². The maximum Gasteiger partial charge on any atom is 0.233 e. The molecular weight excluding hydrogens is 390 g/mol. The van der Waals surface area contributed by atoms with Crippen LogP contribution >= 0.6 is 0 Å². The first kappa shape index (κ1) is 23.6. The summed E-state index contributed by atoms with van der Waals surface area (Å²) in [4.78, 5) is 11.5. The predicted molar refractivity (Wildman–Crippen MR) is 114 cm³/mol. The first-order valence-electron chi connectivity index (χ1n) is 10.2. The summed E-state index contributed by atoms with van der Waals surface area (Å²) in [6.07, 6.45) is 7.20. The number of nitrogens with one attached hydrogen (secondary N) is 1. The van der Waals surface area contributed by atoms with Crippen LogP contribution in [0.1, 0.15) is 56.6 Å². The zero-order chi connectivity index (χ0) is 21.4. The summed E-state index contributed by atoms with van der Waals surface area (Å²) in [5, 5.41) is 0. The van der Waals surface area contributed by atoms with Gasteiger partial charge in [-0.2, -0.15) is 0 Å². The molecule has 0 bridgehead atoms. The smallest absolute Gasteiger partial charge is 0.233 e. The van der Waals surface area contributed by atoms with E-state index in [4.69, 9.17) is 9.47 Å². The van der Waals surface area contributed by atoms with Crippen LogP contribution in [0.3, 0.4) is 0 Å². The lowest BCUT2D eigenvalue weighted by Crippen LogP contribution is -2.41. The average molecular weight is 424 g/mol. The number of ether oxygens (including phenoxy) is 2. The van der Waals surface area contributed by atoms with E-state index < -0.39 is 15.9 Å². The molecule has 3 unspecified atom stereocenters. The Morgan fingerprint density at radius 2 is 2.00 bits per heavy atom. The van der Waals surface area contributed by atoms with E-state index in [0.29, 0.717) is 19.4 Å². The zero-order valence-electron chi connectivity index (χ0n) is 17.8. The summed E-state index contributed by atoms with van der Waals surface area (Å²) in [7, 11) is -3.48. The van der Waals surface area contributed by atoms with Gasteiger partial charge in [-0.25, -0.2) is 8.42 Å². The van der Waals surface area contributed by atoms with Gasteiger partial charge >= 0.3 is 0 Å². The van der Waals surface area contributed by atoms with Crippen molar-refractivity contribution in [3.8, 4) is 0 Å². The summed E-state index contributed by atoms with van der Waals surface area (Å²) in [6.45, 7) is 6.93. The molecule has 1 fully saturated rings. The van der Waals surface area contributed by atoms with Crippen molar-refractivity contribution in [3.63, 3.8) is 0 Å². The SMILES string of the molecule is Cc1ccccc1C1COC(C(C)C)OC1C/C=C\CCCC(=O)NS(C)(=O)=O. The molecule has 0 spiro atoms. The maximum atomic E-state index is 11.5. The van der Waals surface area contributed by atoms with E-state index in [1.54, 1.807) is 0 Å². The topological polar surface area (TPSA) is 81.7 Å². The lowest BCUT2D eigenvalue weighted by atomic mass is 9.88. The highest BCUT2D eigenvalue weighted by atomic mass is 32.2. The molecule has 1 N–H and O–H groups in total. The third kappa shape index (κ3) is 7.91. The molecule has 1 aliphatic heterocycles. The van der Waals surface area contributed by atoms with Crippen LogP contribution in [0, 0.1) is 12.8 Å². The van der Waals surface area contributed by atoms with Crippen molar-refractivity contribution < 1.29 is 22.7 Å². The van der Waals surface area contributed by atoms with Crippen LogP contribution in [-0.2, 0) is 24.3 Å². The van der Waals surface area contributed by atoms with E-state index >= 15 is 0 Å². The minimum Gasteiger partial charge on any atom is -0.352 e. The Kier molecular flexibility index (Phi) is 8.86. The molecule has 1 aromatic rings. The molecule has 1 aromatic carbocycles. The van der Waals surface area contributed by atoms with E-state index in [-0.39, 0.29) is 30.7 Å². The molecule has 1 saturated heterocycles. The first-order chi connectivity index (χ1) is 13.7. The molecule has 1 aliphatic rings. The number of carbonyl (C=O) groups excluding carboxylic acids is 1. The van der Waals surface area contributed by atoms with Crippen LogP contribution < -0.4 is 4.72 Å². The molecule has 7 heteroatoms. The monoisotopic (exact) mass is 423 g/mol. The Morgan fingerprint density at radius 1 is 1.28 bits per heavy atom. The van der Waals surface area contributed by atoms with Crippen LogP contribution in [-0.4, -0.2) is 39.6 Å². The average Bonchev–Trinajstić information content (AvgIpc) is 2.63. The van der Waals surface area contributed by atoms with E-state index in [1.807, 2.05) is 22.9 Å². The Bertz CT molecular complexity index is 803. The third-order valence-electron chi connectivity index (χ3n) is 4.94. The molecule has 0 radical (unpaired) electrons. The van der Waals surface area contributed by atoms with E-state index in [9.17, 15) is 13.2 Å². The number of benzene rings is 1. The van der Waals surface area contributed by atoms with Gasteiger partial charge in [0.25, 0.3) is 0 Å². The fourth-order valence-corrected chi connectivity index (χ4v) is 3.98. The summed E-state index contributed by atoms with van der Waals surface area (Å²) < 4.78 is 36.3. The number of rotatable bonds is 9. The summed E-state index contributed by atoms with van der Waals surface area (Å²) in [6, 6.07) is 8.33. The van der Waals surface area contributed by atoms with Gasteiger partial charge in [-0.1, -0.05) is 50.3 Å². The molecule has 0 saturated carbocycles. The second-order valence-electron chi connectivity index (χ2n) is 7.98. The van der Waals surface area contributed by atoms with E-state index in [1.165, 1.54) is 11.1 Å². The number of carbonyl (C=O) groups is 1. The molecular formula is C22H33NO5S. The van der Waals surface area contributed by atoms with Crippen LogP contribution in [0.2, 0.25) is 0 Å². The van der Waals surface area contributed by atoms with Crippen molar-refractivity contribution in [1.82, 2.24) is 4.72 Å². The van der Waals surface area contributed by atoms with Crippen LogP contribution in [0.25, 0.3) is 0 Å². The van der Waals surface area contributed by atoms with Crippen molar-refractivity contribution in [2.24, 2.45) is 5.92 Å². The number of allylic oxidation sites excluding steroid dienone is 1. The Balaban J connectivity index is 1.91. The van der Waals surface area contributed by atoms with Crippen molar-refractivity contribution in [3.05, 3.63) is 47.5 Å². The number of hydrogen-bond donors (Lipinski definition) is 1.